The molecule has 1 aromatic heterocycles. The molecule has 10 nitrogen and oxygen atoms in total. The summed E-state index contributed by atoms with van der Waals surface area (Å²) >= 11 is 4.32. The molecule has 172 valence electrons. The predicted octanol–water partition coefficient (Wildman–Crippen LogP) is 1.04. The quantitative estimate of drug-likeness (QED) is 0.214. The number of aryl methyl sites for hydroxylation is 1. The molecule has 0 bridgehead atoms. The van der Waals surface area contributed by atoms with Crippen molar-refractivity contribution < 1.29 is 39.6 Å². The van der Waals surface area contributed by atoms with Crippen molar-refractivity contribution in [1.29, 1.82) is 0 Å². The molecule has 1 aromatic rings. The van der Waals surface area contributed by atoms with E-state index in [4.69, 9.17) is 10.2 Å². The van der Waals surface area contributed by atoms with Gasteiger partial charge in [-0.1, -0.05) is 0 Å². The molecule has 0 aliphatic carbocycles. The van der Waals surface area contributed by atoms with Crippen molar-refractivity contribution in [3.8, 4) is 0 Å². The van der Waals surface area contributed by atoms with Crippen molar-refractivity contribution in [3.63, 3.8) is 0 Å². The number of rotatable bonds is 13. The molecule has 4 atom stereocenters. The Morgan fingerprint density at radius 1 is 0.903 bits per heavy atom. The molecule has 1 aliphatic heterocycles. The average Bonchev–Trinajstić information content (AvgIpc) is 3.18. The van der Waals surface area contributed by atoms with Gasteiger partial charge in [-0.2, -0.15) is 12.6 Å². The maximum absolute atomic E-state index is 11.4. The molecule has 0 amide bonds. The number of hydrogen-bond acceptors (Lipinski definition) is 6. The van der Waals surface area contributed by atoms with Crippen LogP contribution in [0, 0.1) is 11.8 Å². The van der Waals surface area contributed by atoms with E-state index in [1.165, 1.54) is 0 Å². The van der Waals surface area contributed by atoms with Gasteiger partial charge in [0.15, 0.2) is 0 Å². The lowest BCUT2D eigenvalue weighted by atomic mass is 9.80. The fourth-order valence-corrected chi connectivity index (χ4v) is 4.87. The number of aliphatic carboxylic acids is 4. The van der Waals surface area contributed by atoms with Crippen LogP contribution in [-0.4, -0.2) is 67.1 Å². The van der Waals surface area contributed by atoms with Crippen LogP contribution in [-0.2, 0) is 38.4 Å². The lowest BCUT2D eigenvalue weighted by molar-refractivity contribution is -0.139. The van der Waals surface area contributed by atoms with Gasteiger partial charge in [0.25, 0.3) is 0 Å². The summed E-state index contributed by atoms with van der Waals surface area (Å²) in [7, 11) is 0. The fourth-order valence-electron chi connectivity index (χ4n) is 4.50. The Hall–Kier alpha value is -2.53. The Morgan fingerprint density at radius 2 is 1.58 bits per heavy atom. The van der Waals surface area contributed by atoms with Crippen LogP contribution in [0.25, 0.3) is 0 Å². The molecule has 11 heteroatoms. The van der Waals surface area contributed by atoms with Crippen LogP contribution in [0.4, 0.5) is 0 Å². The lowest BCUT2D eigenvalue weighted by Gasteiger charge is -2.24. The number of carbonyl (C=O) groups is 4. The van der Waals surface area contributed by atoms with Crippen molar-refractivity contribution in [2.24, 2.45) is 11.8 Å². The highest BCUT2D eigenvalue weighted by molar-refractivity contribution is 7.80. The van der Waals surface area contributed by atoms with E-state index in [0.717, 1.165) is 0 Å². The van der Waals surface area contributed by atoms with Gasteiger partial charge in [-0.15, -0.1) is 0 Å². The Balaban J connectivity index is 2.30. The molecule has 0 radical (unpaired) electrons. The largest absolute Gasteiger partial charge is 0.481 e. The number of carboxylic acid groups (broad SMARTS) is 4. The van der Waals surface area contributed by atoms with E-state index in [2.05, 4.69) is 22.9 Å². The summed E-state index contributed by atoms with van der Waals surface area (Å²) in [5.74, 6) is -4.13. The molecule has 0 saturated carbocycles. The fraction of sp³-hybridized carbons (Fsp3) is 0.600. The van der Waals surface area contributed by atoms with E-state index in [1.54, 1.807) is 6.20 Å². The number of carboxylic acids is 4. The average molecular weight is 457 g/mol. The first kappa shape index (κ1) is 24.7. The second kappa shape index (κ2) is 11.2. The Kier molecular flexibility index (Phi) is 8.93. The summed E-state index contributed by atoms with van der Waals surface area (Å²) in [6.45, 7) is 0. The standard InChI is InChI=1S/C20H28N2O8S/c23-17(24)3-1-10-8-21-14(12(10)5-19(27)28)7-15-11(2-4-18(25)26)13(6-20(29)30)16(9-31)22-15/h8,11,13,15-16,21-22,31H,1-7,9H2,(H,23,24)(H,25,26)(H,27,28)(H,29,30)/t11-,13+,15+,16-/m0/s1. The van der Waals surface area contributed by atoms with Crippen molar-refractivity contribution in [3.05, 3.63) is 23.0 Å². The van der Waals surface area contributed by atoms with Crippen molar-refractivity contribution in [1.82, 2.24) is 10.3 Å². The maximum atomic E-state index is 11.4. The Labute approximate surface area is 184 Å². The van der Waals surface area contributed by atoms with Crippen molar-refractivity contribution >= 4 is 36.5 Å². The number of aromatic amines is 1. The maximum Gasteiger partial charge on any atom is 0.307 e. The normalized spacial score (nSPS) is 23.0. The van der Waals surface area contributed by atoms with E-state index in [1.807, 2.05) is 0 Å². The molecule has 2 heterocycles. The molecule has 0 spiro atoms. The van der Waals surface area contributed by atoms with Gasteiger partial charge in [-0.25, -0.2) is 0 Å². The van der Waals surface area contributed by atoms with Gasteiger partial charge in [0.1, 0.15) is 0 Å². The molecular weight excluding hydrogens is 428 g/mol. The minimum Gasteiger partial charge on any atom is -0.481 e. The van der Waals surface area contributed by atoms with Crippen LogP contribution in [0.5, 0.6) is 0 Å². The molecule has 0 unspecified atom stereocenters. The molecular formula is C20H28N2O8S. The highest BCUT2D eigenvalue weighted by Crippen LogP contribution is 2.36. The molecule has 1 saturated heterocycles. The van der Waals surface area contributed by atoms with E-state index in [9.17, 15) is 29.4 Å². The number of nitrogens with one attached hydrogen (secondary N) is 2. The van der Waals surface area contributed by atoms with Crippen LogP contribution < -0.4 is 5.32 Å². The second-order valence-electron chi connectivity index (χ2n) is 7.86. The van der Waals surface area contributed by atoms with Gasteiger partial charge < -0.3 is 30.7 Å². The lowest BCUT2D eigenvalue weighted by Crippen LogP contribution is -2.35. The third-order valence-corrected chi connectivity index (χ3v) is 6.24. The molecule has 2 rings (SSSR count). The summed E-state index contributed by atoms with van der Waals surface area (Å²) in [4.78, 5) is 47.9. The van der Waals surface area contributed by atoms with E-state index in [-0.39, 0.29) is 62.4 Å². The first-order valence-corrected chi connectivity index (χ1v) is 10.7. The minimum absolute atomic E-state index is 0.102. The third kappa shape index (κ3) is 7.00. The first-order chi connectivity index (χ1) is 14.6. The van der Waals surface area contributed by atoms with E-state index < -0.39 is 23.9 Å². The van der Waals surface area contributed by atoms with Gasteiger partial charge >= 0.3 is 23.9 Å². The number of thiol groups is 1. The van der Waals surface area contributed by atoms with Gasteiger partial charge in [0.05, 0.1) is 6.42 Å². The summed E-state index contributed by atoms with van der Waals surface area (Å²) < 4.78 is 0. The molecule has 1 fully saturated rings. The van der Waals surface area contributed by atoms with Crippen LogP contribution >= 0.6 is 12.6 Å². The summed E-state index contributed by atoms with van der Waals surface area (Å²) in [5.41, 5.74) is 1.78. The molecule has 0 aromatic carbocycles. The molecule has 1 aliphatic rings. The third-order valence-electron chi connectivity index (χ3n) is 5.84. The van der Waals surface area contributed by atoms with Gasteiger partial charge in [0.2, 0.25) is 0 Å². The summed E-state index contributed by atoms with van der Waals surface area (Å²) in [6.07, 6.45) is 1.82. The minimum atomic E-state index is -1.05. The van der Waals surface area contributed by atoms with Crippen molar-refractivity contribution in [2.45, 2.75) is 57.0 Å². The van der Waals surface area contributed by atoms with Crippen LogP contribution in [0.1, 0.15) is 42.5 Å². The van der Waals surface area contributed by atoms with Crippen LogP contribution in [0.15, 0.2) is 6.20 Å². The number of aromatic nitrogens is 1. The van der Waals surface area contributed by atoms with E-state index in [0.29, 0.717) is 29.0 Å². The molecule has 6 N–H and O–H groups in total. The van der Waals surface area contributed by atoms with Crippen LogP contribution in [0.2, 0.25) is 0 Å². The summed E-state index contributed by atoms with van der Waals surface area (Å²) in [5, 5.41) is 40.1. The Morgan fingerprint density at radius 3 is 2.13 bits per heavy atom. The zero-order valence-corrected chi connectivity index (χ0v) is 17.8. The zero-order valence-electron chi connectivity index (χ0n) is 16.9. The smallest absolute Gasteiger partial charge is 0.307 e. The first-order valence-electron chi connectivity index (χ1n) is 10.0. The SMILES string of the molecule is O=C(O)CCc1c[nH]c(C[C@H]2N[C@@H](CS)[C@H](CC(=O)O)[C@@H]2CCC(=O)O)c1CC(=O)O. The number of H-pyrrole nitrogens is 1. The highest BCUT2D eigenvalue weighted by Gasteiger charge is 2.43. The van der Waals surface area contributed by atoms with E-state index >= 15 is 0 Å². The van der Waals surface area contributed by atoms with Gasteiger partial charge in [-0.3, -0.25) is 19.2 Å². The number of hydrogen-bond donors (Lipinski definition) is 7. The molecule has 31 heavy (non-hydrogen) atoms. The topological polar surface area (TPSA) is 177 Å². The van der Waals surface area contributed by atoms with Gasteiger partial charge in [-0.05, 0) is 35.8 Å². The Bertz CT molecular complexity index is 824. The highest BCUT2D eigenvalue weighted by atomic mass is 32.1. The summed E-state index contributed by atoms with van der Waals surface area (Å²) in [6, 6.07) is -0.480. The van der Waals surface area contributed by atoms with Gasteiger partial charge in [0, 0.05) is 55.4 Å². The predicted molar refractivity (Wildman–Crippen MR) is 112 cm³/mol. The van der Waals surface area contributed by atoms with Crippen LogP contribution in [0.3, 0.4) is 0 Å². The zero-order chi connectivity index (χ0) is 23.1. The second-order valence-corrected chi connectivity index (χ2v) is 8.22. The monoisotopic (exact) mass is 456 g/mol. The van der Waals surface area contributed by atoms with Crippen molar-refractivity contribution in [2.75, 3.05) is 5.75 Å².